The van der Waals surface area contributed by atoms with Crippen molar-refractivity contribution in [2.24, 2.45) is 0 Å². The summed E-state index contributed by atoms with van der Waals surface area (Å²) in [4.78, 5) is 11.3. The second-order valence-corrected chi connectivity index (χ2v) is 8.22. The molecule has 3 aromatic carbocycles. The van der Waals surface area contributed by atoms with Gasteiger partial charge in [-0.25, -0.2) is 0 Å². The molecule has 1 atom stereocenters. The third-order valence-corrected chi connectivity index (χ3v) is 5.95. The largest absolute Gasteiger partial charge is 0.496 e. The average Bonchev–Trinajstić information content (AvgIpc) is 2.83. The summed E-state index contributed by atoms with van der Waals surface area (Å²) in [6.07, 6.45) is 2.93. The van der Waals surface area contributed by atoms with E-state index in [0.29, 0.717) is 31.1 Å². The van der Waals surface area contributed by atoms with Crippen LogP contribution in [0.1, 0.15) is 12.0 Å². The van der Waals surface area contributed by atoms with Crippen LogP contribution >= 0.6 is 11.8 Å². The van der Waals surface area contributed by atoms with Gasteiger partial charge in [0.1, 0.15) is 22.5 Å². The van der Waals surface area contributed by atoms with Gasteiger partial charge in [-0.3, -0.25) is 4.79 Å². The Bertz CT molecular complexity index is 989. The van der Waals surface area contributed by atoms with E-state index in [1.807, 2.05) is 42.5 Å². The van der Waals surface area contributed by atoms with Crippen molar-refractivity contribution in [3.63, 3.8) is 0 Å². The lowest BCUT2D eigenvalue weighted by Crippen LogP contribution is -2.19. The van der Waals surface area contributed by atoms with Crippen LogP contribution in [0.15, 0.2) is 72.8 Å². The van der Waals surface area contributed by atoms with E-state index in [2.05, 4.69) is 24.3 Å². The Morgan fingerprint density at radius 2 is 1.53 bits per heavy atom. The zero-order valence-electron chi connectivity index (χ0n) is 18.3. The lowest BCUT2D eigenvalue weighted by molar-refractivity contribution is -0.136. The maximum atomic E-state index is 11.3. The molecule has 0 saturated heterocycles. The molecule has 0 fully saturated rings. The van der Waals surface area contributed by atoms with Gasteiger partial charge in [-0.1, -0.05) is 48.5 Å². The van der Waals surface area contributed by atoms with Crippen molar-refractivity contribution in [1.82, 2.24) is 0 Å². The van der Waals surface area contributed by atoms with Crippen LogP contribution in [0.3, 0.4) is 0 Å². The molecule has 0 aromatic heterocycles. The molecule has 0 radical (unpaired) electrons. The second kappa shape index (κ2) is 12.1. The Labute approximate surface area is 193 Å². The van der Waals surface area contributed by atoms with Crippen LogP contribution in [0.4, 0.5) is 0 Å². The van der Waals surface area contributed by atoms with Crippen molar-refractivity contribution in [1.29, 1.82) is 0 Å². The van der Waals surface area contributed by atoms with Gasteiger partial charge in [0, 0.05) is 12.5 Å². The summed E-state index contributed by atoms with van der Waals surface area (Å²) in [5.74, 6) is 1.33. The third-order valence-electron chi connectivity index (χ3n) is 5.01. The molecule has 0 amide bonds. The zero-order valence-corrected chi connectivity index (χ0v) is 19.1. The van der Waals surface area contributed by atoms with E-state index >= 15 is 0 Å². The molecule has 3 aromatic rings. The maximum absolute atomic E-state index is 11.3. The van der Waals surface area contributed by atoms with E-state index in [1.165, 1.54) is 17.3 Å². The Kier molecular flexibility index (Phi) is 8.87. The van der Waals surface area contributed by atoms with Crippen molar-refractivity contribution in [2.75, 3.05) is 26.6 Å². The first-order chi connectivity index (χ1) is 15.6. The lowest BCUT2D eigenvalue weighted by Gasteiger charge is -2.14. The number of rotatable bonds is 12. The quantitative estimate of drug-likeness (QED) is 0.363. The zero-order chi connectivity index (χ0) is 22.8. The number of carbonyl (C=O) groups is 1. The van der Waals surface area contributed by atoms with Crippen LogP contribution in [-0.2, 0) is 11.2 Å². The summed E-state index contributed by atoms with van der Waals surface area (Å²) in [6, 6.07) is 23.8. The second-order valence-electron chi connectivity index (χ2n) is 7.18. The van der Waals surface area contributed by atoms with E-state index in [-0.39, 0.29) is 0 Å². The van der Waals surface area contributed by atoms with Crippen molar-refractivity contribution >= 4 is 17.7 Å². The molecule has 0 bridgehead atoms. The minimum atomic E-state index is -0.824. The predicted octanol–water partition coefficient (Wildman–Crippen LogP) is 5.57. The number of ether oxygens (including phenoxy) is 3. The minimum Gasteiger partial charge on any atom is -0.496 e. The van der Waals surface area contributed by atoms with E-state index in [4.69, 9.17) is 14.2 Å². The van der Waals surface area contributed by atoms with Crippen molar-refractivity contribution < 1.29 is 24.1 Å². The van der Waals surface area contributed by atoms with E-state index in [1.54, 1.807) is 19.4 Å². The number of aliphatic carboxylic acids is 1. The third kappa shape index (κ3) is 6.69. The van der Waals surface area contributed by atoms with Gasteiger partial charge in [0.15, 0.2) is 0 Å². The number of hydrogen-bond donors (Lipinski definition) is 1. The summed E-state index contributed by atoms with van der Waals surface area (Å²) < 4.78 is 17.1. The molecule has 0 spiro atoms. The highest BCUT2D eigenvalue weighted by molar-refractivity contribution is 7.99. The average molecular weight is 453 g/mol. The van der Waals surface area contributed by atoms with E-state index < -0.39 is 11.2 Å². The first kappa shape index (κ1) is 23.5. The standard InChI is InChI=1S/C26H28O5S/c1-29-24-18-23(14-11-21(24)17-25(32-2)26(27)28)31-16-6-15-30-22-12-9-20(10-13-22)19-7-4-3-5-8-19/h3-5,7-14,18,25H,6,15-17H2,1-2H3,(H,27,28). The summed E-state index contributed by atoms with van der Waals surface area (Å²) >= 11 is 1.31. The van der Waals surface area contributed by atoms with Crippen LogP contribution in [-0.4, -0.2) is 42.9 Å². The molecule has 0 saturated carbocycles. The maximum Gasteiger partial charge on any atom is 0.316 e. The van der Waals surface area contributed by atoms with Crippen LogP contribution in [0.25, 0.3) is 11.1 Å². The van der Waals surface area contributed by atoms with E-state index in [9.17, 15) is 9.90 Å². The SMILES string of the molecule is COc1cc(OCCCOc2ccc(-c3ccccc3)cc2)ccc1CC(SC)C(=O)O. The fourth-order valence-corrected chi connectivity index (χ4v) is 3.82. The number of thioether (sulfide) groups is 1. The van der Waals surface area contributed by atoms with Gasteiger partial charge in [-0.15, -0.1) is 11.8 Å². The smallest absolute Gasteiger partial charge is 0.316 e. The van der Waals surface area contributed by atoms with Crippen LogP contribution < -0.4 is 14.2 Å². The predicted molar refractivity (Wildman–Crippen MR) is 129 cm³/mol. The number of hydrogen-bond acceptors (Lipinski definition) is 5. The van der Waals surface area contributed by atoms with Gasteiger partial charge >= 0.3 is 5.97 Å². The lowest BCUT2D eigenvalue weighted by atomic mass is 10.1. The van der Waals surface area contributed by atoms with Gasteiger partial charge in [0.05, 0.1) is 20.3 Å². The van der Waals surface area contributed by atoms with Gasteiger partial charge in [0.2, 0.25) is 0 Å². The number of benzene rings is 3. The van der Waals surface area contributed by atoms with Crippen molar-refractivity contribution in [3.05, 3.63) is 78.4 Å². The summed E-state index contributed by atoms with van der Waals surface area (Å²) in [6.45, 7) is 1.06. The molecule has 3 rings (SSSR count). The van der Waals surface area contributed by atoms with Gasteiger partial charge in [-0.2, -0.15) is 0 Å². The summed E-state index contributed by atoms with van der Waals surface area (Å²) in [5, 5.41) is 8.76. The molecule has 0 aliphatic rings. The summed E-state index contributed by atoms with van der Waals surface area (Å²) in [5.41, 5.74) is 3.19. The molecule has 6 heteroatoms. The molecule has 1 unspecified atom stereocenters. The minimum absolute atomic E-state index is 0.400. The monoisotopic (exact) mass is 452 g/mol. The molecule has 1 N–H and O–H groups in total. The fourth-order valence-electron chi connectivity index (χ4n) is 3.27. The number of carboxylic acid groups (broad SMARTS) is 1. The first-order valence-corrected chi connectivity index (χ1v) is 11.7. The summed E-state index contributed by atoms with van der Waals surface area (Å²) in [7, 11) is 1.58. The molecular weight excluding hydrogens is 424 g/mol. The van der Waals surface area contributed by atoms with Crippen LogP contribution in [0.5, 0.6) is 17.2 Å². The highest BCUT2D eigenvalue weighted by Crippen LogP contribution is 2.28. The van der Waals surface area contributed by atoms with Crippen molar-refractivity contribution in [2.45, 2.75) is 18.1 Å². The Morgan fingerprint density at radius 3 is 2.16 bits per heavy atom. The molecule has 32 heavy (non-hydrogen) atoms. The van der Waals surface area contributed by atoms with Crippen molar-refractivity contribution in [3.8, 4) is 28.4 Å². The van der Waals surface area contributed by atoms with Gasteiger partial charge in [-0.05, 0) is 47.6 Å². The topological polar surface area (TPSA) is 65.0 Å². The van der Waals surface area contributed by atoms with E-state index in [0.717, 1.165) is 23.3 Å². The number of carboxylic acids is 1. The van der Waals surface area contributed by atoms with Crippen LogP contribution in [0, 0.1) is 0 Å². The van der Waals surface area contributed by atoms with Gasteiger partial charge in [0.25, 0.3) is 0 Å². The highest BCUT2D eigenvalue weighted by atomic mass is 32.2. The molecule has 5 nitrogen and oxygen atoms in total. The number of methoxy groups -OCH3 is 1. The normalized spacial score (nSPS) is 11.6. The Hall–Kier alpha value is -3.12. The van der Waals surface area contributed by atoms with Crippen LogP contribution in [0.2, 0.25) is 0 Å². The molecule has 0 aliphatic heterocycles. The Morgan fingerprint density at radius 1 is 0.906 bits per heavy atom. The first-order valence-electron chi connectivity index (χ1n) is 10.4. The Balaban J connectivity index is 1.45. The molecule has 168 valence electrons. The highest BCUT2D eigenvalue weighted by Gasteiger charge is 2.19. The molecular formula is C26H28O5S. The fraction of sp³-hybridized carbons (Fsp3) is 0.269. The molecule has 0 heterocycles. The van der Waals surface area contributed by atoms with Gasteiger partial charge < -0.3 is 19.3 Å². The molecule has 0 aliphatic carbocycles.